The lowest BCUT2D eigenvalue weighted by atomic mass is 10.2. The summed E-state index contributed by atoms with van der Waals surface area (Å²) in [6.45, 7) is 2.79. The molecule has 8 heteroatoms. The monoisotopic (exact) mass is 381 g/mol. The van der Waals surface area contributed by atoms with E-state index in [4.69, 9.17) is 4.42 Å². The summed E-state index contributed by atoms with van der Waals surface area (Å²) in [5.41, 5.74) is 1.62. The maximum Gasteiger partial charge on any atom is 0.254 e. The van der Waals surface area contributed by atoms with Gasteiger partial charge >= 0.3 is 0 Å². The SMILES string of the molecule is O=C(c1ccsc1)N1CCN(c2ncccc2-c2nnc(C3CC3)o2)CC1. The zero-order valence-electron chi connectivity index (χ0n) is 14.7. The van der Waals surface area contributed by atoms with Gasteiger partial charge in [0.1, 0.15) is 5.82 Å². The second kappa shape index (κ2) is 6.77. The minimum absolute atomic E-state index is 0.100. The van der Waals surface area contributed by atoms with Crippen LogP contribution in [-0.4, -0.2) is 52.2 Å². The van der Waals surface area contributed by atoms with Gasteiger partial charge in [0, 0.05) is 43.7 Å². The zero-order valence-corrected chi connectivity index (χ0v) is 15.6. The number of aromatic nitrogens is 3. The standard InChI is InChI=1S/C19H19N5O2S/c25-19(14-5-11-27-12-14)24-9-7-23(8-10-24)16-15(2-1-6-20-16)18-22-21-17(26-18)13-3-4-13/h1-2,5-6,11-13H,3-4,7-10H2. The fraction of sp³-hybridized carbons (Fsp3) is 0.368. The molecule has 0 unspecified atom stereocenters. The van der Waals surface area contributed by atoms with E-state index in [2.05, 4.69) is 20.1 Å². The molecule has 2 aliphatic rings. The number of carbonyl (C=O) groups is 1. The van der Waals surface area contributed by atoms with Crippen molar-refractivity contribution in [1.29, 1.82) is 0 Å². The van der Waals surface area contributed by atoms with Crippen LogP contribution < -0.4 is 4.90 Å². The molecule has 0 aromatic carbocycles. The Labute approximate surface area is 160 Å². The summed E-state index contributed by atoms with van der Waals surface area (Å²) in [7, 11) is 0. The van der Waals surface area contributed by atoms with Crippen LogP contribution in [0.5, 0.6) is 0 Å². The summed E-state index contributed by atoms with van der Waals surface area (Å²) in [6, 6.07) is 5.73. The second-order valence-corrected chi connectivity index (χ2v) is 7.67. The van der Waals surface area contributed by atoms with E-state index in [1.807, 2.05) is 33.9 Å². The largest absolute Gasteiger partial charge is 0.420 e. The first-order valence-corrected chi connectivity index (χ1v) is 10.1. The fourth-order valence-corrected chi connectivity index (χ4v) is 3.97. The molecule has 0 atom stereocenters. The number of thiophene rings is 1. The lowest BCUT2D eigenvalue weighted by Crippen LogP contribution is -2.49. The van der Waals surface area contributed by atoms with Crippen molar-refractivity contribution in [2.24, 2.45) is 0 Å². The number of anilines is 1. The third kappa shape index (κ3) is 3.21. The number of piperazine rings is 1. The molecule has 0 radical (unpaired) electrons. The van der Waals surface area contributed by atoms with Crippen LogP contribution in [0.25, 0.3) is 11.5 Å². The predicted molar refractivity (Wildman–Crippen MR) is 102 cm³/mol. The smallest absolute Gasteiger partial charge is 0.254 e. The van der Waals surface area contributed by atoms with Gasteiger partial charge in [0.2, 0.25) is 5.89 Å². The highest BCUT2D eigenvalue weighted by atomic mass is 32.1. The molecule has 0 bridgehead atoms. The first-order chi connectivity index (χ1) is 13.3. The van der Waals surface area contributed by atoms with E-state index in [1.54, 1.807) is 17.5 Å². The van der Waals surface area contributed by atoms with Crippen LogP contribution in [0.15, 0.2) is 39.6 Å². The van der Waals surface area contributed by atoms with E-state index in [0.29, 0.717) is 24.9 Å². The maximum atomic E-state index is 12.5. The number of hydrogen-bond acceptors (Lipinski definition) is 7. The summed E-state index contributed by atoms with van der Waals surface area (Å²) in [5.74, 6) is 2.62. The van der Waals surface area contributed by atoms with Gasteiger partial charge in [-0.3, -0.25) is 4.79 Å². The Hall–Kier alpha value is -2.74. The average molecular weight is 381 g/mol. The first-order valence-electron chi connectivity index (χ1n) is 9.15. The number of hydrogen-bond donors (Lipinski definition) is 0. The highest BCUT2D eigenvalue weighted by Gasteiger charge is 2.31. The summed E-state index contributed by atoms with van der Waals surface area (Å²) >= 11 is 1.55. The van der Waals surface area contributed by atoms with Gasteiger partial charge in [-0.1, -0.05) is 0 Å². The van der Waals surface area contributed by atoms with Crippen molar-refractivity contribution in [1.82, 2.24) is 20.1 Å². The molecule has 5 rings (SSSR count). The average Bonchev–Trinajstić information content (AvgIpc) is 3.22. The van der Waals surface area contributed by atoms with Crippen LogP contribution in [0.2, 0.25) is 0 Å². The van der Waals surface area contributed by atoms with Gasteiger partial charge in [-0.15, -0.1) is 10.2 Å². The summed E-state index contributed by atoms with van der Waals surface area (Å²) < 4.78 is 5.88. The Kier molecular flexibility index (Phi) is 4.12. The van der Waals surface area contributed by atoms with Gasteiger partial charge in [-0.2, -0.15) is 11.3 Å². The first kappa shape index (κ1) is 16.4. The number of pyridine rings is 1. The Morgan fingerprint density at radius 1 is 1.15 bits per heavy atom. The molecule has 0 N–H and O–H groups in total. The predicted octanol–water partition coefficient (Wildman–Crippen LogP) is 3.03. The Morgan fingerprint density at radius 2 is 2.00 bits per heavy atom. The quantitative estimate of drug-likeness (QED) is 0.691. The number of nitrogens with zero attached hydrogens (tertiary/aromatic N) is 5. The van der Waals surface area contributed by atoms with E-state index in [1.165, 1.54) is 0 Å². The summed E-state index contributed by atoms with van der Waals surface area (Å²) in [6.07, 6.45) is 4.03. The highest BCUT2D eigenvalue weighted by molar-refractivity contribution is 7.08. The molecule has 1 amide bonds. The van der Waals surface area contributed by atoms with Crippen LogP contribution in [-0.2, 0) is 0 Å². The molecular formula is C19H19N5O2S. The molecule has 1 saturated heterocycles. The van der Waals surface area contributed by atoms with Crippen LogP contribution in [0.4, 0.5) is 5.82 Å². The van der Waals surface area contributed by atoms with Crippen molar-refractivity contribution in [3.8, 4) is 11.5 Å². The van der Waals surface area contributed by atoms with Crippen molar-refractivity contribution in [3.63, 3.8) is 0 Å². The minimum atomic E-state index is 0.100. The molecular weight excluding hydrogens is 362 g/mol. The van der Waals surface area contributed by atoms with Crippen LogP contribution in [0.3, 0.4) is 0 Å². The van der Waals surface area contributed by atoms with Crippen molar-refractivity contribution in [2.75, 3.05) is 31.1 Å². The van der Waals surface area contributed by atoms with E-state index in [-0.39, 0.29) is 5.91 Å². The van der Waals surface area contributed by atoms with Crippen molar-refractivity contribution in [3.05, 3.63) is 46.6 Å². The van der Waals surface area contributed by atoms with Crippen LogP contribution >= 0.6 is 11.3 Å². The molecule has 1 aliphatic carbocycles. The molecule has 1 saturated carbocycles. The number of carbonyl (C=O) groups excluding carboxylic acids is 1. The topological polar surface area (TPSA) is 75.4 Å². The normalized spacial score (nSPS) is 17.3. The number of rotatable bonds is 4. The van der Waals surface area contributed by atoms with E-state index >= 15 is 0 Å². The fourth-order valence-electron chi connectivity index (χ4n) is 3.34. The molecule has 138 valence electrons. The van der Waals surface area contributed by atoms with E-state index in [0.717, 1.165) is 48.8 Å². The lowest BCUT2D eigenvalue weighted by Gasteiger charge is -2.35. The van der Waals surface area contributed by atoms with E-state index < -0.39 is 0 Å². The third-order valence-corrected chi connectivity index (χ3v) is 5.70. The molecule has 3 aromatic heterocycles. The highest BCUT2D eigenvalue weighted by Crippen LogP contribution is 2.40. The van der Waals surface area contributed by atoms with Gasteiger partial charge in [0.15, 0.2) is 0 Å². The van der Waals surface area contributed by atoms with Crippen molar-refractivity contribution >= 4 is 23.1 Å². The molecule has 7 nitrogen and oxygen atoms in total. The Balaban J connectivity index is 1.33. The minimum Gasteiger partial charge on any atom is -0.420 e. The molecule has 27 heavy (non-hydrogen) atoms. The van der Waals surface area contributed by atoms with Crippen molar-refractivity contribution < 1.29 is 9.21 Å². The zero-order chi connectivity index (χ0) is 18.2. The Morgan fingerprint density at radius 3 is 2.74 bits per heavy atom. The third-order valence-electron chi connectivity index (χ3n) is 5.02. The molecule has 1 aliphatic heterocycles. The van der Waals surface area contributed by atoms with Gasteiger partial charge in [-0.25, -0.2) is 4.98 Å². The van der Waals surface area contributed by atoms with Gasteiger partial charge < -0.3 is 14.2 Å². The van der Waals surface area contributed by atoms with E-state index in [9.17, 15) is 4.79 Å². The second-order valence-electron chi connectivity index (χ2n) is 6.89. The molecule has 0 spiro atoms. The molecule has 3 aromatic rings. The van der Waals surface area contributed by atoms with Crippen molar-refractivity contribution in [2.45, 2.75) is 18.8 Å². The van der Waals surface area contributed by atoms with Crippen LogP contribution in [0.1, 0.15) is 35.0 Å². The van der Waals surface area contributed by atoms with Gasteiger partial charge in [0.25, 0.3) is 11.8 Å². The van der Waals surface area contributed by atoms with Gasteiger partial charge in [0.05, 0.1) is 11.1 Å². The summed E-state index contributed by atoms with van der Waals surface area (Å²) in [4.78, 5) is 21.2. The summed E-state index contributed by atoms with van der Waals surface area (Å²) in [5, 5.41) is 12.3. The van der Waals surface area contributed by atoms with Crippen LogP contribution in [0, 0.1) is 0 Å². The molecule has 4 heterocycles. The maximum absolute atomic E-state index is 12.5. The van der Waals surface area contributed by atoms with Gasteiger partial charge in [-0.05, 0) is 36.4 Å². The lowest BCUT2D eigenvalue weighted by molar-refractivity contribution is 0.0747. The number of amides is 1. The molecule has 2 fully saturated rings. The Bertz CT molecular complexity index is 943.